The molecule has 1 fully saturated rings. The molecule has 0 unspecified atom stereocenters. The minimum absolute atomic E-state index is 0.113. The molecule has 0 aromatic heterocycles. The van der Waals surface area contributed by atoms with E-state index in [1.165, 1.54) is 4.90 Å². The van der Waals surface area contributed by atoms with Gasteiger partial charge in [0.25, 0.3) is 0 Å². The Kier molecular flexibility index (Phi) is 13.5. The zero-order valence-corrected chi connectivity index (χ0v) is 26.8. The highest BCUT2D eigenvalue weighted by Gasteiger charge is 2.41. The van der Waals surface area contributed by atoms with E-state index in [1.54, 1.807) is 62.4 Å². The molecule has 0 saturated carbocycles. The van der Waals surface area contributed by atoms with Crippen molar-refractivity contribution in [2.45, 2.75) is 89.4 Å². The van der Waals surface area contributed by atoms with Crippen molar-refractivity contribution >= 4 is 29.7 Å². The zero-order valence-electron chi connectivity index (χ0n) is 26.8. The Morgan fingerprint density at radius 1 is 1.04 bits per heavy atom. The Hall–Kier alpha value is -4.45. The maximum absolute atomic E-state index is 13.7. The molecule has 0 radical (unpaired) electrons. The molecule has 4 atom stereocenters. The predicted molar refractivity (Wildman–Crippen MR) is 171 cm³/mol. The van der Waals surface area contributed by atoms with Gasteiger partial charge in [0.15, 0.2) is 0 Å². The maximum Gasteiger partial charge on any atom is 0.338 e. The first-order chi connectivity index (χ1) is 22.0. The summed E-state index contributed by atoms with van der Waals surface area (Å²) in [6, 6.07) is 12.8. The van der Waals surface area contributed by atoms with Crippen LogP contribution in [-0.2, 0) is 30.3 Å². The molecule has 2 aromatic carbocycles. The topological polar surface area (TPSA) is 177 Å². The average molecular weight is 639 g/mol. The van der Waals surface area contributed by atoms with E-state index < -0.39 is 53.3 Å². The fraction of sp³-hybridized carbons (Fsp3) is 0.500. The first-order valence-electron chi connectivity index (χ1n) is 15.8. The number of carboxylic acid groups (broad SMARTS) is 1. The van der Waals surface area contributed by atoms with Gasteiger partial charge in [-0.05, 0) is 82.2 Å². The van der Waals surface area contributed by atoms with Crippen molar-refractivity contribution in [3.63, 3.8) is 0 Å². The second-order valence-corrected chi connectivity index (χ2v) is 11.6. The number of hydrogen-bond donors (Lipinski definition) is 4. The number of carbonyl (C=O) groups excluding carboxylic acids is 4. The Labute approximate surface area is 270 Å². The van der Waals surface area contributed by atoms with Crippen LogP contribution in [0.4, 0.5) is 0 Å². The van der Waals surface area contributed by atoms with Gasteiger partial charge in [0.05, 0.1) is 24.8 Å². The number of carbonyl (C=O) groups is 5. The monoisotopic (exact) mass is 638 g/mol. The highest BCUT2D eigenvalue weighted by molar-refractivity contribution is 5.96. The van der Waals surface area contributed by atoms with Gasteiger partial charge in [-0.3, -0.25) is 14.4 Å². The number of nitrogens with one attached hydrogen (secondary N) is 2. The smallest absolute Gasteiger partial charge is 0.338 e. The molecular formula is C34H46N4O8. The van der Waals surface area contributed by atoms with Crippen molar-refractivity contribution in [3.05, 3.63) is 65.7 Å². The SMILES string of the molecule is CCOc1ccc(C[C@H](NC(=O)[C@](C)(CC)NC(=O)[C@@H](N)CCCCOC(=O)c2ccccc2)C(=O)N2CCC[C@@H]2C(=O)O)cc1. The highest BCUT2D eigenvalue weighted by Crippen LogP contribution is 2.21. The molecule has 12 heteroatoms. The normalized spacial score (nSPS) is 16.9. The van der Waals surface area contributed by atoms with E-state index in [0.29, 0.717) is 50.0 Å². The zero-order chi connectivity index (χ0) is 33.7. The third-order valence-corrected chi connectivity index (χ3v) is 8.19. The molecule has 5 N–H and O–H groups in total. The van der Waals surface area contributed by atoms with Gasteiger partial charge in [-0.15, -0.1) is 0 Å². The summed E-state index contributed by atoms with van der Waals surface area (Å²) in [6.07, 6.45) is 2.53. The Morgan fingerprint density at radius 3 is 2.37 bits per heavy atom. The Morgan fingerprint density at radius 2 is 1.74 bits per heavy atom. The molecule has 12 nitrogen and oxygen atoms in total. The lowest BCUT2D eigenvalue weighted by atomic mass is 9.95. The van der Waals surface area contributed by atoms with Gasteiger partial charge >= 0.3 is 11.9 Å². The number of likely N-dealkylation sites (tertiary alicyclic amines) is 1. The summed E-state index contributed by atoms with van der Waals surface area (Å²) in [5.41, 5.74) is 5.95. The third-order valence-electron chi connectivity index (χ3n) is 8.19. The van der Waals surface area contributed by atoms with Crippen molar-refractivity contribution in [3.8, 4) is 5.75 Å². The summed E-state index contributed by atoms with van der Waals surface area (Å²) < 4.78 is 10.8. The van der Waals surface area contributed by atoms with Crippen LogP contribution in [0.2, 0.25) is 0 Å². The standard InChI is InChI=1S/C34H46N4O8/c1-4-34(3,37-29(39)26(35)14-9-10-21-46-32(43)24-12-7-6-8-13-24)33(44)36-27(22-23-16-18-25(19-17-23)45-5-2)30(40)38-20-11-15-28(38)31(41)42/h6-8,12-13,16-19,26-28H,4-5,9-11,14-15,20-22,35H2,1-3H3,(H,36,44)(H,37,39)(H,41,42)/t26-,27-,28+,34-/m0/s1. The van der Waals surface area contributed by atoms with Crippen LogP contribution in [0.3, 0.4) is 0 Å². The minimum Gasteiger partial charge on any atom is -0.494 e. The van der Waals surface area contributed by atoms with Crippen molar-refractivity contribution in [1.82, 2.24) is 15.5 Å². The molecule has 0 bridgehead atoms. The van der Waals surface area contributed by atoms with Crippen LogP contribution in [-0.4, -0.2) is 83.1 Å². The van der Waals surface area contributed by atoms with E-state index in [4.69, 9.17) is 15.2 Å². The van der Waals surface area contributed by atoms with E-state index in [2.05, 4.69) is 10.6 Å². The van der Waals surface area contributed by atoms with Gasteiger partial charge in [0.2, 0.25) is 17.7 Å². The number of amides is 3. The molecule has 1 aliphatic heterocycles. The second kappa shape index (κ2) is 17.3. The van der Waals surface area contributed by atoms with Crippen LogP contribution < -0.4 is 21.1 Å². The molecular weight excluding hydrogens is 592 g/mol. The molecule has 250 valence electrons. The average Bonchev–Trinajstić information content (AvgIpc) is 3.55. The number of unbranched alkanes of at least 4 members (excludes halogenated alkanes) is 1. The van der Waals surface area contributed by atoms with Gasteiger partial charge in [0, 0.05) is 13.0 Å². The van der Waals surface area contributed by atoms with Gasteiger partial charge in [0.1, 0.15) is 23.4 Å². The number of nitrogens with zero attached hydrogens (tertiary/aromatic N) is 1. The molecule has 3 amide bonds. The van der Waals surface area contributed by atoms with Crippen molar-refractivity contribution in [2.75, 3.05) is 19.8 Å². The lowest BCUT2D eigenvalue weighted by molar-refractivity contribution is -0.149. The van der Waals surface area contributed by atoms with E-state index in [0.717, 1.165) is 5.56 Å². The summed E-state index contributed by atoms with van der Waals surface area (Å²) in [6.45, 7) is 6.11. The third kappa shape index (κ3) is 10.0. The molecule has 1 heterocycles. The van der Waals surface area contributed by atoms with Crippen LogP contribution >= 0.6 is 0 Å². The summed E-state index contributed by atoms with van der Waals surface area (Å²) in [5.74, 6) is -2.46. The number of ether oxygens (including phenoxy) is 2. The fourth-order valence-corrected chi connectivity index (χ4v) is 5.22. The molecule has 46 heavy (non-hydrogen) atoms. The van der Waals surface area contributed by atoms with Gasteiger partial charge in [-0.1, -0.05) is 37.3 Å². The first kappa shape index (κ1) is 36.0. The summed E-state index contributed by atoms with van der Waals surface area (Å²) in [4.78, 5) is 65.6. The van der Waals surface area contributed by atoms with E-state index in [9.17, 15) is 29.1 Å². The second-order valence-electron chi connectivity index (χ2n) is 11.6. The quantitative estimate of drug-likeness (QED) is 0.150. The van der Waals surface area contributed by atoms with Gasteiger partial charge in [-0.2, -0.15) is 0 Å². The molecule has 0 aliphatic carbocycles. The van der Waals surface area contributed by atoms with Crippen LogP contribution in [0.5, 0.6) is 5.75 Å². The number of rotatable bonds is 17. The summed E-state index contributed by atoms with van der Waals surface area (Å²) in [5, 5.41) is 15.2. The number of aliphatic carboxylic acids is 1. The number of esters is 1. The highest BCUT2D eigenvalue weighted by atomic mass is 16.5. The lowest BCUT2D eigenvalue weighted by Gasteiger charge is -2.33. The largest absolute Gasteiger partial charge is 0.494 e. The maximum atomic E-state index is 13.7. The van der Waals surface area contributed by atoms with Crippen molar-refractivity contribution < 1.29 is 38.6 Å². The predicted octanol–water partition coefficient (Wildman–Crippen LogP) is 2.83. The number of carboxylic acids is 1. The molecule has 3 rings (SSSR count). The molecule has 1 saturated heterocycles. The number of hydrogen-bond acceptors (Lipinski definition) is 8. The van der Waals surface area contributed by atoms with E-state index in [1.807, 2.05) is 13.0 Å². The fourth-order valence-electron chi connectivity index (χ4n) is 5.22. The number of benzene rings is 2. The molecule has 2 aromatic rings. The molecule has 0 spiro atoms. The van der Waals surface area contributed by atoms with E-state index >= 15 is 0 Å². The van der Waals surface area contributed by atoms with Crippen molar-refractivity contribution in [1.29, 1.82) is 0 Å². The lowest BCUT2D eigenvalue weighted by Crippen LogP contribution is -2.63. The van der Waals surface area contributed by atoms with Gasteiger partial charge in [-0.25, -0.2) is 9.59 Å². The first-order valence-corrected chi connectivity index (χ1v) is 15.8. The van der Waals surface area contributed by atoms with E-state index in [-0.39, 0.29) is 26.0 Å². The summed E-state index contributed by atoms with van der Waals surface area (Å²) >= 11 is 0. The van der Waals surface area contributed by atoms with Crippen LogP contribution in [0.25, 0.3) is 0 Å². The van der Waals surface area contributed by atoms with Crippen molar-refractivity contribution in [2.24, 2.45) is 5.73 Å². The van der Waals surface area contributed by atoms with Gasteiger partial charge < -0.3 is 35.8 Å². The Bertz CT molecular complexity index is 1340. The van der Waals surface area contributed by atoms with Crippen LogP contribution in [0.15, 0.2) is 54.6 Å². The molecule has 1 aliphatic rings. The number of nitrogens with two attached hydrogens (primary N) is 1. The Balaban J connectivity index is 1.61. The minimum atomic E-state index is -1.39. The van der Waals surface area contributed by atoms with Crippen LogP contribution in [0.1, 0.15) is 75.2 Å². The summed E-state index contributed by atoms with van der Waals surface area (Å²) in [7, 11) is 0. The van der Waals surface area contributed by atoms with Crippen LogP contribution in [0, 0.1) is 0 Å².